The van der Waals surface area contributed by atoms with Crippen LogP contribution in [-0.4, -0.2) is 16.1 Å². The summed E-state index contributed by atoms with van der Waals surface area (Å²) in [5.74, 6) is -0.906. The predicted octanol–water partition coefficient (Wildman–Crippen LogP) is 3.17. The number of fused-ring (bicyclic) bond motifs is 1. The van der Waals surface area contributed by atoms with Gasteiger partial charge in [0, 0.05) is 5.56 Å². The number of carboxylic acid groups (broad SMARTS) is 1. The first kappa shape index (κ1) is 12.6. The number of anilines is 1. The van der Waals surface area contributed by atoms with Gasteiger partial charge in [-0.1, -0.05) is 53.8 Å². The van der Waals surface area contributed by atoms with Crippen molar-refractivity contribution in [3.8, 4) is 10.4 Å². The van der Waals surface area contributed by atoms with Gasteiger partial charge in [0.2, 0.25) is 0 Å². The summed E-state index contributed by atoms with van der Waals surface area (Å²) in [5.41, 5.74) is 7.26. The van der Waals surface area contributed by atoms with Gasteiger partial charge in [0.25, 0.3) is 0 Å². The van der Waals surface area contributed by atoms with Crippen LogP contribution in [0.15, 0.2) is 42.5 Å². The number of carbonyl (C=O) groups is 1. The molecular weight excluding hydrogens is 272 g/mol. The second kappa shape index (κ2) is 4.94. The van der Waals surface area contributed by atoms with E-state index in [1.54, 1.807) is 0 Å². The molecule has 20 heavy (non-hydrogen) atoms. The van der Waals surface area contributed by atoms with Crippen molar-refractivity contribution in [2.75, 3.05) is 5.73 Å². The SMILES string of the molecule is Nc1nc(CC(=O)O)c(-c2cccc3ccccc23)s1. The minimum absolute atomic E-state index is 0.119. The number of rotatable bonds is 3. The van der Waals surface area contributed by atoms with Gasteiger partial charge < -0.3 is 10.8 Å². The zero-order chi connectivity index (χ0) is 14.1. The molecule has 0 unspecified atom stereocenters. The Bertz CT molecular complexity index is 790. The van der Waals surface area contributed by atoms with Crippen LogP contribution in [0.1, 0.15) is 5.69 Å². The Morgan fingerprint density at radius 1 is 1.20 bits per heavy atom. The first-order valence-corrected chi connectivity index (χ1v) is 6.92. The Kier molecular flexibility index (Phi) is 3.12. The molecule has 1 heterocycles. The molecule has 1 aromatic heterocycles. The molecule has 0 atom stereocenters. The number of carboxylic acids is 1. The number of hydrogen-bond donors (Lipinski definition) is 2. The molecule has 5 heteroatoms. The number of nitrogens with two attached hydrogens (primary N) is 1. The van der Waals surface area contributed by atoms with Crippen LogP contribution in [0.5, 0.6) is 0 Å². The summed E-state index contributed by atoms with van der Waals surface area (Å²) in [5, 5.41) is 11.6. The normalized spacial score (nSPS) is 10.8. The maximum atomic E-state index is 10.9. The van der Waals surface area contributed by atoms with Gasteiger partial charge in [-0.2, -0.15) is 0 Å². The molecule has 0 amide bonds. The summed E-state index contributed by atoms with van der Waals surface area (Å²) in [7, 11) is 0. The average molecular weight is 284 g/mol. The van der Waals surface area contributed by atoms with Crippen LogP contribution < -0.4 is 5.73 Å². The van der Waals surface area contributed by atoms with Crippen molar-refractivity contribution in [2.24, 2.45) is 0 Å². The molecule has 0 aliphatic heterocycles. The lowest BCUT2D eigenvalue weighted by Crippen LogP contribution is -2.02. The molecule has 0 radical (unpaired) electrons. The van der Waals surface area contributed by atoms with Gasteiger partial charge in [0.15, 0.2) is 5.13 Å². The summed E-state index contributed by atoms with van der Waals surface area (Å²) in [4.78, 5) is 15.9. The monoisotopic (exact) mass is 284 g/mol. The summed E-state index contributed by atoms with van der Waals surface area (Å²) in [6, 6.07) is 13.9. The van der Waals surface area contributed by atoms with E-state index in [1.807, 2.05) is 42.5 Å². The second-order valence-electron chi connectivity index (χ2n) is 4.43. The number of nitrogens with zero attached hydrogens (tertiary/aromatic N) is 1. The molecule has 3 aromatic rings. The summed E-state index contributed by atoms with van der Waals surface area (Å²) in [6.45, 7) is 0. The van der Waals surface area contributed by atoms with Gasteiger partial charge in [-0.3, -0.25) is 4.79 Å². The summed E-state index contributed by atoms with van der Waals surface area (Å²) in [6.07, 6.45) is -0.119. The number of aromatic nitrogens is 1. The molecule has 4 nitrogen and oxygen atoms in total. The van der Waals surface area contributed by atoms with Gasteiger partial charge in [-0.15, -0.1) is 0 Å². The van der Waals surface area contributed by atoms with E-state index < -0.39 is 5.97 Å². The predicted molar refractivity (Wildman–Crippen MR) is 80.8 cm³/mol. The highest BCUT2D eigenvalue weighted by Crippen LogP contribution is 2.36. The zero-order valence-electron chi connectivity index (χ0n) is 10.5. The highest BCUT2D eigenvalue weighted by molar-refractivity contribution is 7.19. The van der Waals surface area contributed by atoms with Crippen molar-refractivity contribution in [3.05, 3.63) is 48.2 Å². The van der Waals surface area contributed by atoms with E-state index in [9.17, 15) is 4.79 Å². The van der Waals surface area contributed by atoms with Crippen LogP contribution in [-0.2, 0) is 11.2 Å². The smallest absolute Gasteiger partial charge is 0.309 e. The molecule has 0 fully saturated rings. The molecule has 100 valence electrons. The van der Waals surface area contributed by atoms with E-state index in [2.05, 4.69) is 4.98 Å². The fraction of sp³-hybridized carbons (Fsp3) is 0.0667. The topological polar surface area (TPSA) is 76.2 Å². The highest BCUT2D eigenvalue weighted by atomic mass is 32.1. The Labute approximate surface area is 119 Å². The minimum atomic E-state index is -0.906. The highest BCUT2D eigenvalue weighted by Gasteiger charge is 2.16. The Morgan fingerprint density at radius 3 is 2.75 bits per heavy atom. The molecule has 0 spiro atoms. The third-order valence-corrected chi connectivity index (χ3v) is 4.03. The van der Waals surface area contributed by atoms with Crippen LogP contribution >= 0.6 is 11.3 Å². The molecule has 0 saturated heterocycles. The van der Waals surface area contributed by atoms with Crippen molar-refractivity contribution in [1.82, 2.24) is 4.98 Å². The maximum Gasteiger partial charge on any atom is 0.309 e. The quantitative estimate of drug-likeness (QED) is 0.774. The first-order chi connectivity index (χ1) is 9.65. The molecule has 3 N–H and O–H groups in total. The third kappa shape index (κ3) is 2.23. The third-order valence-electron chi connectivity index (χ3n) is 3.07. The largest absolute Gasteiger partial charge is 0.481 e. The average Bonchev–Trinajstić information content (AvgIpc) is 2.78. The van der Waals surface area contributed by atoms with Crippen molar-refractivity contribution in [3.63, 3.8) is 0 Å². The lowest BCUT2D eigenvalue weighted by molar-refractivity contribution is -0.136. The lowest BCUT2D eigenvalue weighted by Gasteiger charge is -2.05. The van der Waals surface area contributed by atoms with E-state index in [1.165, 1.54) is 11.3 Å². The number of hydrogen-bond acceptors (Lipinski definition) is 4. The molecule has 2 aromatic carbocycles. The minimum Gasteiger partial charge on any atom is -0.481 e. The Balaban J connectivity index is 2.23. The number of thiazole rings is 1. The van der Waals surface area contributed by atoms with Crippen LogP contribution in [0, 0.1) is 0 Å². The van der Waals surface area contributed by atoms with Crippen LogP contribution in [0.3, 0.4) is 0 Å². The van der Waals surface area contributed by atoms with E-state index >= 15 is 0 Å². The van der Waals surface area contributed by atoms with E-state index in [-0.39, 0.29) is 6.42 Å². The van der Waals surface area contributed by atoms with Crippen molar-refractivity contribution in [2.45, 2.75) is 6.42 Å². The molecule has 3 rings (SSSR count). The van der Waals surface area contributed by atoms with Crippen molar-refractivity contribution < 1.29 is 9.90 Å². The molecule has 0 bridgehead atoms. The fourth-order valence-electron chi connectivity index (χ4n) is 2.27. The van der Waals surface area contributed by atoms with E-state index in [0.29, 0.717) is 10.8 Å². The Morgan fingerprint density at radius 2 is 1.95 bits per heavy atom. The van der Waals surface area contributed by atoms with E-state index in [0.717, 1.165) is 21.2 Å². The van der Waals surface area contributed by atoms with Gasteiger partial charge in [0.1, 0.15) is 0 Å². The summed E-state index contributed by atoms with van der Waals surface area (Å²) >= 11 is 1.33. The zero-order valence-corrected chi connectivity index (χ0v) is 11.4. The summed E-state index contributed by atoms with van der Waals surface area (Å²) < 4.78 is 0. The first-order valence-electron chi connectivity index (χ1n) is 6.10. The van der Waals surface area contributed by atoms with Crippen molar-refractivity contribution in [1.29, 1.82) is 0 Å². The fourth-order valence-corrected chi connectivity index (χ4v) is 3.16. The van der Waals surface area contributed by atoms with Gasteiger partial charge >= 0.3 is 5.97 Å². The van der Waals surface area contributed by atoms with Crippen molar-refractivity contribution >= 4 is 33.2 Å². The van der Waals surface area contributed by atoms with Crippen LogP contribution in [0.2, 0.25) is 0 Å². The standard InChI is InChI=1S/C15H12N2O2S/c16-15-17-12(8-13(18)19)14(20-15)11-7-3-5-9-4-1-2-6-10(9)11/h1-7H,8H2,(H2,16,17)(H,18,19). The van der Waals surface area contributed by atoms with Crippen LogP contribution in [0.25, 0.3) is 21.2 Å². The van der Waals surface area contributed by atoms with Crippen LogP contribution in [0.4, 0.5) is 5.13 Å². The Hall–Kier alpha value is -2.40. The number of benzene rings is 2. The number of nitrogen functional groups attached to an aromatic ring is 1. The molecule has 0 aliphatic rings. The maximum absolute atomic E-state index is 10.9. The van der Waals surface area contributed by atoms with E-state index in [4.69, 9.17) is 10.8 Å². The number of aliphatic carboxylic acids is 1. The second-order valence-corrected chi connectivity index (χ2v) is 5.46. The lowest BCUT2D eigenvalue weighted by atomic mass is 10.0. The van der Waals surface area contributed by atoms with Gasteiger partial charge in [0.05, 0.1) is 17.0 Å². The molecule has 0 saturated carbocycles. The van der Waals surface area contributed by atoms with Gasteiger partial charge in [-0.05, 0) is 10.8 Å². The van der Waals surface area contributed by atoms with Gasteiger partial charge in [-0.25, -0.2) is 4.98 Å². The molecule has 0 aliphatic carbocycles. The molecular formula is C15H12N2O2S.